The van der Waals surface area contributed by atoms with Gasteiger partial charge >= 0.3 is 206 Å². The molecule has 0 radical (unpaired) electrons. The number of carboxylic acids is 3. The minimum atomic E-state index is -2.12. The van der Waals surface area contributed by atoms with Crippen molar-refractivity contribution in [2.45, 2.75) is 0 Å². The maximum atomic E-state index is 14.2. The number of carbonyl (C=O) groups excluding carboxylic acids is 4. The first-order chi connectivity index (χ1) is 19.9. The number of carbonyl (C=O) groups is 3. The van der Waals surface area contributed by atoms with Gasteiger partial charge in [0.2, 0.25) is 17.5 Å². The van der Waals surface area contributed by atoms with E-state index >= 15 is 0 Å². The third-order valence-electron chi connectivity index (χ3n) is 5.48. The summed E-state index contributed by atoms with van der Waals surface area (Å²) < 4.78 is 71.6. The number of rotatable bonds is 17. The van der Waals surface area contributed by atoms with E-state index in [0.29, 0.717) is 0 Å². The van der Waals surface area contributed by atoms with Crippen LogP contribution in [0.3, 0.4) is 0 Å². The first-order valence-corrected chi connectivity index (χ1v) is 11.8. The van der Waals surface area contributed by atoms with Crippen molar-refractivity contribution < 1.29 is 277 Å². The van der Waals surface area contributed by atoms with E-state index in [4.69, 9.17) is 13.9 Å². The third kappa shape index (κ3) is 16.1. The van der Waals surface area contributed by atoms with Crippen molar-refractivity contribution in [3.63, 3.8) is 0 Å². The predicted molar refractivity (Wildman–Crippen MR) is 127 cm³/mol. The van der Waals surface area contributed by atoms with Crippen LogP contribution in [0.2, 0.25) is 0 Å². The Morgan fingerprint density at radius 2 is 1.40 bits per heavy atom. The molecule has 0 spiro atoms. The molecule has 0 saturated heterocycles. The van der Waals surface area contributed by atoms with Crippen molar-refractivity contribution in [2.75, 3.05) is 57.4 Å². The molecule has 0 aliphatic heterocycles. The molecular formula is C25H20F4K4N3O11-. The van der Waals surface area contributed by atoms with Crippen molar-refractivity contribution >= 4 is 41.0 Å². The van der Waals surface area contributed by atoms with Gasteiger partial charge in [-0.05, 0) is 18.2 Å². The molecule has 0 atom stereocenters. The predicted octanol–water partition coefficient (Wildman–Crippen LogP) is -14.2. The van der Waals surface area contributed by atoms with Crippen LogP contribution in [0.15, 0.2) is 22.6 Å². The first kappa shape index (κ1) is 53.1. The Bertz CT molecular complexity index is 1440. The second-order valence-electron chi connectivity index (χ2n) is 8.42. The minimum absolute atomic E-state index is 0. The summed E-state index contributed by atoms with van der Waals surface area (Å²) in [6, 6.07) is 3.47. The number of fused-ring (bicyclic) bond motifs is 1. The molecule has 0 bridgehead atoms. The molecule has 1 aromatic heterocycles. The maximum absolute atomic E-state index is 14.2. The van der Waals surface area contributed by atoms with Gasteiger partial charge in [0.15, 0.2) is 22.7 Å². The molecule has 3 aromatic rings. The van der Waals surface area contributed by atoms with Gasteiger partial charge in [-0.3, -0.25) is 0 Å². The van der Waals surface area contributed by atoms with Crippen LogP contribution in [-0.2, 0) is 23.9 Å². The zero-order valence-corrected chi connectivity index (χ0v) is 38.3. The van der Waals surface area contributed by atoms with Gasteiger partial charge in [-0.25, -0.2) is 24.4 Å². The van der Waals surface area contributed by atoms with E-state index in [1.807, 2.05) is 0 Å². The number of benzene rings is 2. The van der Waals surface area contributed by atoms with Crippen LogP contribution in [0.25, 0.3) is 22.6 Å². The van der Waals surface area contributed by atoms with Crippen molar-refractivity contribution in [2.24, 2.45) is 0 Å². The maximum Gasteiger partial charge on any atom is 1.00 e. The molecule has 0 aliphatic carbocycles. The Labute approximate surface area is 434 Å². The summed E-state index contributed by atoms with van der Waals surface area (Å²) in [6.07, 6.45) is 1.55. The van der Waals surface area contributed by atoms with Crippen molar-refractivity contribution in [1.29, 1.82) is 0 Å². The van der Waals surface area contributed by atoms with E-state index in [9.17, 15) is 52.1 Å². The van der Waals surface area contributed by atoms with Crippen LogP contribution >= 0.6 is 0 Å². The molecule has 0 aliphatic rings. The van der Waals surface area contributed by atoms with Crippen LogP contribution < -0.4 is 230 Å². The van der Waals surface area contributed by atoms with E-state index in [0.717, 1.165) is 17.0 Å². The number of aromatic nitrogens is 1. The summed E-state index contributed by atoms with van der Waals surface area (Å²) >= 11 is 0. The smallest absolute Gasteiger partial charge is 0.870 e. The Balaban J connectivity index is -0.00000387. The van der Waals surface area contributed by atoms with Crippen LogP contribution in [0.1, 0.15) is 0 Å². The number of anilines is 1. The fraction of sp³-hybridized carbons (Fsp3) is 0.320. The molecule has 22 heteroatoms. The number of oxazole rings is 1. The van der Waals surface area contributed by atoms with Gasteiger partial charge < -0.3 is 63.7 Å². The minimum Gasteiger partial charge on any atom is -0.870 e. The molecule has 47 heavy (non-hydrogen) atoms. The second kappa shape index (κ2) is 26.5. The summed E-state index contributed by atoms with van der Waals surface area (Å²) in [5.41, 5.74) is -2.15. The van der Waals surface area contributed by atoms with Crippen molar-refractivity contribution in [1.82, 2.24) is 9.88 Å². The van der Waals surface area contributed by atoms with Gasteiger partial charge in [0.05, 0.1) is 49.9 Å². The summed E-state index contributed by atoms with van der Waals surface area (Å²) in [4.78, 5) is 49.4. The average Bonchev–Trinajstić information content (AvgIpc) is 3.37. The van der Waals surface area contributed by atoms with Crippen molar-refractivity contribution in [3.8, 4) is 17.2 Å². The second-order valence-corrected chi connectivity index (χ2v) is 8.42. The molecule has 2 aromatic carbocycles. The fourth-order valence-electron chi connectivity index (χ4n) is 3.69. The number of halogens is 4. The van der Waals surface area contributed by atoms with E-state index < -0.39 is 77.8 Å². The molecule has 3 rings (SSSR count). The zero-order chi connectivity index (χ0) is 31.0. The molecule has 0 saturated carbocycles. The van der Waals surface area contributed by atoms with E-state index in [1.165, 1.54) is 11.0 Å². The Morgan fingerprint density at radius 1 is 0.830 bits per heavy atom. The topological polar surface area (TPSA) is 218 Å². The van der Waals surface area contributed by atoms with Gasteiger partial charge in [-0.1, -0.05) is 6.54 Å². The largest absolute Gasteiger partial charge is 1.00 e. The number of carboxylic acid groups (broad SMARTS) is 3. The standard InChI is InChI=1S/C25H22F4N3O10.4K.H2O/c26-19-20(27)22(29)24-23(21(19)28)30-25(42-24)13-1-2-14(32(11-17(36)37)12-18(38)39)15(9-13)41-8-7-40-6-4-31(3-5-33)10-16(34)35;;;;;/h1-2,9H,3-4,6-8,10-12H2,(H,34,35)(H,36,37)(H,38,39);;;;;1H2/q-1;4*+1;/p-4. The molecule has 14 nitrogen and oxygen atoms in total. The Morgan fingerprint density at radius 3 is 1.96 bits per heavy atom. The number of hydrogen-bond acceptors (Lipinski definition) is 14. The monoisotopic (exact) mass is 770 g/mol. The van der Waals surface area contributed by atoms with Gasteiger partial charge in [0, 0.05) is 18.7 Å². The summed E-state index contributed by atoms with van der Waals surface area (Å²) in [6.45, 7) is -3.12. The number of nitrogens with zero attached hydrogens (tertiary/aromatic N) is 3. The van der Waals surface area contributed by atoms with Gasteiger partial charge in [-0.2, -0.15) is 4.39 Å². The molecule has 1 heterocycles. The normalized spacial score (nSPS) is 9.98. The summed E-state index contributed by atoms with van der Waals surface area (Å²) in [5.74, 6) is -13.3. The molecule has 0 fully saturated rings. The molecule has 0 unspecified atom stereocenters. The number of aliphatic carboxylic acids is 3. The van der Waals surface area contributed by atoms with E-state index in [-0.39, 0.29) is 261 Å². The average molecular weight is 771 g/mol. The summed E-state index contributed by atoms with van der Waals surface area (Å²) in [7, 11) is 0. The SMILES string of the molecule is O=[C-]CN(CCOCCOc1cc(-c2nc3c(F)c(F)c(F)c(F)c3o2)ccc1N(CC(=O)[O-])CC(=O)[O-])CC(=O)[O-].[K+].[K+].[K+].[K+].[OH-]. The number of hydrogen-bond donors (Lipinski definition) is 0. The molecule has 1 N–H and O–H groups in total. The first-order valence-electron chi connectivity index (χ1n) is 11.8. The molecule has 0 amide bonds. The van der Waals surface area contributed by atoms with E-state index in [1.54, 1.807) is 6.29 Å². The van der Waals surface area contributed by atoms with Crippen LogP contribution in [0.5, 0.6) is 5.75 Å². The number of ether oxygens (including phenoxy) is 2. The Kier molecular flexibility index (Phi) is 29.9. The molecular weight excluding hydrogens is 751 g/mol. The quantitative estimate of drug-likeness (QED) is 0.0311. The van der Waals surface area contributed by atoms with Gasteiger partial charge in [0.1, 0.15) is 12.4 Å². The zero-order valence-electron chi connectivity index (χ0n) is 25.8. The van der Waals surface area contributed by atoms with Crippen molar-refractivity contribution in [3.05, 3.63) is 41.5 Å². The van der Waals surface area contributed by atoms with Crippen LogP contribution in [0, 0.1) is 23.3 Å². The van der Waals surface area contributed by atoms with E-state index in [2.05, 4.69) is 4.98 Å². The van der Waals surface area contributed by atoms with Crippen LogP contribution in [-0.4, -0.2) is 92.1 Å². The van der Waals surface area contributed by atoms with Gasteiger partial charge in [0.25, 0.3) is 0 Å². The fourth-order valence-corrected chi connectivity index (χ4v) is 3.69. The third-order valence-corrected chi connectivity index (χ3v) is 5.48. The Hall–Kier alpha value is 1.74. The summed E-state index contributed by atoms with van der Waals surface area (Å²) in [5, 5.41) is 33.2. The molecule has 234 valence electrons. The van der Waals surface area contributed by atoms with Gasteiger partial charge in [-0.15, -0.1) is 0 Å². The van der Waals surface area contributed by atoms with Crippen LogP contribution in [0.4, 0.5) is 23.2 Å².